The van der Waals surface area contributed by atoms with Gasteiger partial charge < -0.3 is 9.29 Å². The van der Waals surface area contributed by atoms with E-state index < -0.39 is 21.6 Å². The van der Waals surface area contributed by atoms with E-state index in [1.807, 2.05) is 20.8 Å². The van der Waals surface area contributed by atoms with Gasteiger partial charge in [-0.2, -0.15) is 0 Å². The summed E-state index contributed by atoms with van der Waals surface area (Å²) < 4.78 is 33.4. The van der Waals surface area contributed by atoms with Crippen molar-refractivity contribution in [1.82, 2.24) is 4.72 Å². The number of methoxy groups -OCH3 is 1. The molecular weight excluding hydrogens is 305 g/mol. The van der Waals surface area contributed by atoms with Crippen molar-refractivity contribution in [3.8, 4) is 0 Å². The molecular formula is C16H22FNO3S. The highest BCUT2D eigenvalue weighted by Crippen LogP contribution is 2.41. The number of nitrogens with one attached hydrogen (secondary N) is 1. The van der Waals surface area contributed by atoms with Gasteiger partial charge in [0.05, 0.1) is 19.1 Å². The second-order valence-corrected chi connectivity index (χ2v) is 8.59. The van der Waals surface area contributed by atoms with Gasteiger partial charge in [-0.1, -0.05) is 6.07 Å². The summed E-state index contributed by atoms with van der Waals surface area (Å²) in [4.78, 5) is 11.8. The molecule has 0 amide bonds. The Morgan fingerprint density at radius 3 is 2.77 bits per heavy atom. The molecule has 0 aromatic heterocycles. The van der Waals surface area contributed by atoms with Crippen LogP contribution >= 0.6 is 0 Å². The third-order valence-corrected chi connectivity index (χ3v) is 5.61. The van der Waals surface area contributed by atoms with Crippen molar-refractivity contribution in [2.24, 2.45) is 0 Å². The van der Waals surface area contributed by atoms with Crippen LogP contribution in [0.1, 0.15) is 44.7 Å². The quantitative estimate of drug-likeness (QED) is 0.682. The third kappa shape index (κ3) is 3.45. The maximum absolute atomic E-state index is 13.4. The number of hydrogen-bond acceptors (Lipinski definition) is 4. The number of rotatable bonds is 4. The van der Waals surface area contributed by atoms with Gasteiger partial charge >= 0.3 is 5.97 Å². The van der Waals surface area contributed by atoms with E-state index in [0.29, 0.717) is 12.8 Å². The van der Waals surface area contributed by atoms with Gasteiger partial charge in [-0.3, -0.25) is 4.79 Å². The van der Waals surface area contributed by atoms with Crippen molar-refractivity contribution in [2.45, 2.75) is 50.3 Å². The van der Waals surface area contributed by atoms with Gasteiger partial charge in [0.25, 0.3) is 0 Å². The van der Waals surface area contributed by atoms with Gasteiger partial charge in [0.1, 0.15) is 10.6 Å². The highest BCUT2D eigenvalue weighted by molar-refractivity contribution is 7.90. The van der Waals surface area contributed by atoms with Gasteiger partial charge in [-0.25, -0.2) is 4.39 Å². The molecule has 0 saturated heterocycles. The van der Waals surface area contributed by atoms with E-state index in [1.54, 1.807) is 6.07 Å². The van der Waals surface area contributed by atoms with Crippen molar-refractivity contribution in [3.05, 3.63) is 35.1 Å². The smallest absolute Gasteiger partial charge is 0.307 e. The minimum atomic E-state index is -1.35. The van der Waals surface area contributed by atoms with Crippen molar-refractivity contribution >= 4 is 17.3 Å². The highest BCUT2D eigenvalue weighted by Gasteiger charge is 2.46. The fraction of sp³-hybridized carbons (Fsp3) is 0.562. The maximum Gasteiger partial charge on any atom is 0.307 e. The summed E-state index contributed by atoms with van der Waals surface area (Å²) in [5.74, 6) is -0.680. The van der Waals surface area contributed by atoms with E-state index >= 15 is 0 Å². The molecule has 1 aliphatic carbocycles. The van der Waals surface area contributed by atoms with E-state index in [9.17, 15) is 13.7 Å². The topological polar surface area (TPSA) is 61.4 Å². The first-order valence-electron chi connectivity index (χ1n) is 7.23. The Hall–Kier alpha value is -1.11. The van der Waals surface area contributed by atoms with Gasteiger partial charge in [0.2, 0.25) is 0 Å². The van der Waals surface area contributed by atoms with Crippen LogP contribution in [0.5, 0.6) is 0 Å². The van der Waals surface area contributed by atoms with E-state index in [-0.39, 0.29) is 18.2 Å². The fourth-order valence-electron chi connectivity index (χ4n) is 2.69. The second-order valence-electron chi connectivity index (χ2n) is 6.62. The summed E-state index contributed by atoms with van der Waals surface area (Å²) >= 11 is -1.35. The fourth-order valence-corrected chi connectivity index (χ4v) is 3.64. The standard InChI is InChI=1S/C16H22FNO3S/c1-15(2,3)22(20)18-16(10-14(19)21-4)8-7-11-9-12(17)5-6-13(11)16/h5-6,9,18H,7-8,10H2,1-4H3/t16-,22?/m1/s1. The van der Waals surface area contributed by atoms with Gasteiger partial charge in [0.15, 0.2) is 0 Å². The Labute approximate surface area is 133 Å². The molecule has 0 radical (unpaired) electrons. The lowest BCUT2D eigenvalue weighted by Crippen LogP contribution is -2.51. The minimum Gasteiger partial charge on any atom is -0.598 e. The molecule has 0 saturated carbocycles. The number of carbonyl (C=O) groups excluding carboxylic acids is 1. The number of carbonyl (C=O) groups is 1. The summed E-state index contributed by atoms with van der Waals surface area (Å²) in [6.07, 6.45) is 1.30. The van der Waals surface area contributed by atoms with E-state index in [0.717, 1.165) is 11.1 Å². The zero-order valence-electron chi connectivity index (χ0n) is 13.4. The molecule has 122 valence electrons. The monoisotopic (exact) mass is 327 g/mol. The number of aryl methyl sites for hydroxylation is 1. The number of benzene rings is 1. The molecule has 1 N–H and O–H groups in total. The first-order chi connectivity index (χ1) is 10.2. The molecule has 0 fully saturated rings. The summed E-state index contributed by atoms with van der Waals surface area (Å²) in [5, 5.41) is 0. The lowest BCUT2D eigenvalue weighted by atomic mass is 9.89. The first kappa shape index (κ1) is 17.2. The summed E-state index contributed by atoms with van der Waals surface area (Å²) in [7, 11) is 1.33. The second kappa shape index (κ2) is 6.18. The van der Waals surface area contributed by atoms with Gasteiger partial charge in [-0.15, -0.1) is 4.72 Å². The average Bonchev–Trinajstić information content (AvgIpc) is 2.75. The lowest BCUT2D eigenvalue weighted by molar-refractivity contribution is -0.142. The highest BCUT2D eigenvalue weighted by atomic mass is 32.2. The Morgan fingerprint density at radius 1 is 1.50 bits per heavy atom. The zero-order valence-corrected chi connectivity index (χ0v) is 14.2. The Kier molecular flexibility index (Phi) is 4.84. The van der Waals surface area contributed by atoms with Crippen molar-refractivity contribution in [1.29, 1.82) is 0 Å². The molecule has 0 heterocycles. The first-order valence-corrected chi connectivity index (χ1v) is 8.38. The van der Waals surface area contributed by atoms with Crippen LogP contribution in [-0.2, 0) is 32.9 Å². The lowest BCUT2D eigenvalue weighted by Gasteiger charge is -2.34. The molecule has 1 unspecified atom stereocenters. The van der Waals surface area contributed by atoms with Gasteiger partial charge in [-0.05, 0) is 56.9 Å². The zero-order chi connectivity index (χ0) is 16.5. The van der Waals surface area contributed by atoms with E-state index in [4.69, 9.17) is 4.74 Å². The van der Waals surface area contributed by atoms with Crippen molar-refractivity contribution in [2.75, 3.05) is 7.11 Å². The summed E-state index contributed by atoms with van der Waals surface area (Å²) in [6, 6.07) is 4.53. The average molecular weight is 327 g/mol. The van der Waals surface area contributed by atoms with Crippen LogP contribution in [0.15, 0.2) is 18.2 Å². The SMILES string of the molecule is COC(=O)C[C@]1(N[S+]([O-])C(C)(C)C)CCc2cc(F)ccc21. The number of ether oxygens (including phenoxy) is 1. The number of fused-ring (bicyclic) bond motifs is 1. The van der Waals surface area contributed by atoms with Gasteiger partial charge in [0, 0.05) is 11.4 Å². The molecule has 0 bridgehead atoms. The Bertz CT molecular complexity index is 573. The summed E-state index contributed by atoms with van der Waals surface area (Å²) in [5.41, 5.74) is 0.910. The molecule has 2 rings (SSSR count). The molecule has 1 aromatic rings. The van der Waals surface area contributed by atoms with Crippen molar-refractivity contribution in [3.63, 3.8) is 0 Å². The predicted molar refractivity (Wildman–Crippen MR) is 84.1 cm³/mol. The maximum atomic E-state index is 13.4. The molecule has 2 atom stereocenters. The number of halogens is 1. The molecule has 1 aromatic carbocycles. The molecule has 22 heavy (non-hydrogen) atoms. The molecule has 0 aliphatic heterocycles. The number of esters is 1. The van der Waals surface area contributed by atoms with Crippen LogP contribution in [0.3, 0.4) is 0 Å². The van der Waals surface area contributed by atoms with Crippen LogP contribution in [-0.4, -0.2) is 22.4 Å². The van der Waals surface area contributed by atoms with Crippen LogP contribution < -0.4 is 4.72 Å². The summed E-state index contributed by atoms with van der Waals surface area (Å²) in [6.45, 7) is 5.59. The molecule has 0 spiro atoms. The number of hydrogen-bond donors (Lipinski definition) is 1. The Balaban J connectivity index is 2.39. The Morgan fingerprint density at radius 2 is 2.18 bits per heavy atom. The normalized spacial score (nSPS) is 22.3. The molecule has 4 nitrogen and oxygen atoms in total. The van der Waals surface area contributed by atoms with Crippen molar-refractivity contribution < 1.29 is 18.5 Å². The van der Waals surface area contributed by atoms with Crippen LogP contribution in [0.25, 0.3) is 0 Å². The van der Waals surface area contributed by atoms with E-state index in [2.05, 4.69) is 4.72 Å². The van der Waals surface area contributed by atoms with Crippen LogP contribution in [0, 0.1) is 5.82 Å². The molecule has 6 heteroatoms. The largest absolute Gasteiger partial charge is 0.598 e. The predicted octanol–water partition coefficient (Wildman–Crippen LogP) is 2.58. The van der Waals surface area contributed by atoms with Crippen LogP contribution in [0.2, 0.25) is 0 Å². The third-order valence-electron chi connectivity index (χ3n) is 3.92. The van der Waals surface area contributed by atoms with E-state index in [1.165, 1.54) is 19.2 Å². The van der Waals surface area contributed by atoms with Crippen LogP contribution in [0.4, 0.5) is 4.39 Å². The molecule has 1 aliphatic rings. The minimum absolute atomic E-state index is 0.0734.